The molecule has 0 aliphatic heterocycles. The van der Waals surface area contributed by atoms with Crippen LogP contribution in [0.2, 0.25) is 0 Å². The highest BCUT2D eigenvalue weighted by molar-refractivity contribution is 5.91. The van der Waals surface area contributed by atoms with E-state index in [1.54, 1.807) is 11.0 Å². The number of nitrogens with one attached hydrogen (secondary N) is 1. The van der Waals surface area contributed by atoms with Crippen molar-refractivity contribution in [3.63, 3.8) is 0 Å². The van der Waals surface area contributed by atoms with Crippen LogP contribution in [0.25, 0.3) is 0 Å². The molecule has 106 valence electrons. The highest BCUT2D eigenvalue weighted by Gasteiger charge is 2.04. The highest BCUT2D eigenvalue weighted by atomic mass is 16.5. The van der Waals surface area contributed by atoms with E-state index in [0.717, 1.165) is 11.3 Å². The molecule has 0 spiro atoms. The van der Waals surface area contributed by atoms with Crippen LogP contribution in [0.4, 0.5) is 5.69 Å². The molecule has 0 unspecified atom stereocenters. The molecule has 0 bridgehead atoms. The van der Waals surface area contributed by atoms with Gasteiger partial charge in [0.05, 0.1) is 12.6 Å². The van der Waals surface area contributed by atoms with E-state index in [1.165, 1.54) is 6.33 Å². The zero-order chi connectivity index (χ0) is 14.4. The molecule has 6 nitrogen and oxygen atoms in total. The van der Waals surface area contributed by atoms with E-state index in [1.807, 2.05) is 38.1 Å². The summed E-state index contributed by atoms with van der Waals surface area (Å²) in [5.41, 5.74) is 1.84. The first-order valence-corrected chi connectivity index (χ1v) is 6.46. The predicted molar refractivity (Wildman–Crippen MR) is 75.3 cm³/mol. The van der Waals surface area contributed by atoms with Gasteiger partial charge >= 0.3 is 0 Å². The maximum Gasteiger partial charge on any atom is 0.250 e. The van der Waals surface area contributed by atoms with Crippen LogP contribution >= 0.6 is 0 Å². The third-order valence-electron chi connectivity index (χ3n) is 2.60. The first kappa shape index (κ1) is 14.2. The number of ether oxygens (including phenoxy) is 1. The second-order valence-electron chi connectivity index (χ2n) is 4.70. The number of carbonyl (C=O) groups is 1. The van der Waals surface area contributed by atoms with Crippen molar-refractivity contribution in [3.8, 4) is 0 Å². The van der Waals surface area contributed by atoms with Gasteiger partial charge in [0.25, 0.3) is 0 Å². The number of hydrogen-bond donors (Lipinski definition) is 1. The van der Waals surface area contributed by atoms with Gasteiger partial charge in [-0.15, -0.1) is 0 Å². The summed E-state index contributed by atoms with van der Waals surface area (Å²) in [6, 6.07) is 7.61. The van der Waals surface area contributed by atoms with E-state index in [0.29, 0.717) is 6.54 Å². The second kappa shape index (κ2) is 6.81. The van der Waals surface area contributed by atoms with Gasteiger partial charge in [-0.3, -0.25) is 4.79 Å². The van der Waals surface area contributed by atoms with Gasteiger partial charge in [-0.25, -0.2) is 9.67 Å². The van der Waals surface area contributed by atoms with Crippen molar-refractivity contribution < 1.29 is 9.53 Å². The molecule has 6 heteroatoms. The average molecular weight is 274 g/mol. The standard InChI is InChI=1S/C14H18N4O2/c1-11(2)20-8-14(19)17-13-5-3-12(4-6-13)7-18-10-15-9-16-18/h3-6,9-11H,7-8H2,1-2H3,(H,17,19). The van der Waals surface area contributed by atoms with Crippen molar-refractivity contribution in [1.82, 2.24) is 14.8 Å². The SMILES string of the molecule is CC(C)OCC(=O)Nc1ccc(Cn2cncn2)cc1. The third-order valence-corrected chi connectivity index (χ3v) is 2.60. The number of amides is 1. The molecule has 0 aliphatic carbocycles. The Morgan fingerprint density at radius 2 is 2.10 bits per heavy atom. The summed E-state index contributed by atoms with van der Waals surface area (Å²) in [5.74, 6) is -0.150. The molecule has 0 saturated heterocycles. The Morgan fingerprint density at radius 3 is 2.70 bits per heavy atom. The molecule has 1 amide bonds. The molecule has 1 N–H and O–H groups in total. The molecule has 1 aromatic carbocycles. The number of anilines is 1. The minimum absolute atomic E-state index is 0.0470. The Hall–Kier alpha value is -2.21. The Kier molecular flexibility index (Phi) is 4.84. The van der Waals surface area contributed by atoms with Crippen molar-refractivity contribution in [2.24, 2.45) is 0 Å². The van der Waals surface area contributed by atoms with Crippen molar-refractivity contribution >= 4 is 11.6 Å². The van der Waals surface area contributed by atoms with Crippen LogP contribution in [0, 0.1) is 0 Å². The van der Waals surface area contributed by atoms with Crippen LogP contribution in [0.1, 0.15) is 19.4 Å². The number of hydrogen-bond acceptors (Lipinski definition) is 4. The molecule has 1 aromatic heterocycles. The summed E-state index contributed by atoms with van der Waals surface area (Å²) < 4.78 is 6.98. The lowest BCUT2D eigenvalue weighted by atomic mass is 10.2. The Labute approximate surface area is 117 Å². The number of rotatable bonds is 6. The van der Waals surface area contributed by atoms with E-state index < -0.39 is 0 Å². The lowest BCUT2D eigenvalue weighted by Gasteiger charge is -2.09. The summed E-state index contributed by atoms with van der Waals surface area (Å²) in [7, 11) is 0. The van der Waals surface area contributed by atoms with Gasteiger partial charge in [0.2, 0.25) is 5.91 Å². The molecule has 2 aromatic rings. The van der Waals surface area contributed by atoms with E-state index in [4.69, 9.17) is 4.74 Å². The van der Waals surface area contributed by atoms with Gasteiger partial charge in [-0.2, -0.15) is 5.10 Å². The maximum atomic E-state index is 11.6. The first-order valence-electron chi connectivity index (χ1n) is 6.46. The lowest BCUT2D eigenvalue weighted by molar-refractivity contribution is -0.121. The molecular weight excluding hydrogens is 256 g/mol. The van der Waals surface area contributed by atoms with Crippen LogP contribution in [0.5, 0.6) is 0 Å². The monoisotopic (exact) mass is 274 g/mol. The van der Waals surface area contributed by atoms with Gasteiger partial charge in [-0.05, 0) is 31.5 Å². The predicted octanol–water partition coefficient (Wildman–Crippen LogP) is 1.69. The fourth-order valence-electron chi connectivity index (χ4n) is 1.63. The summed E-state index contributed by atoms with van der Waals surface area (Å²) in [6.45, 7) is 4.52. The van der Waals surface area contributed by atoms with Crippen LogP contribution in [0.15, 0.2) is 36.9 Å². The number of aromatic nitrogens is 3. The Balaban J connectivity index is 1.86. The quantitative estimate of drug-likeness (QED) is 0.870. The Bertz CT molecular complexity index is 535. The molecule has 0 fully saturated rings. The van der Waals surface area contributed by atoms with E-state index >= 15 is 0 Å². The van der Waals surface area contributed by atoms with Crippen LogP contribution in [-0.4, -0.2) is 33.4 Å². The van der Waals surface area contributed by atoms with Crippen molar-refractivity contribution in [1.29, 1.82) is 0 Å². The van der Waals surface area contributed by atoms with Gasteiger partial charge in [0, 0.05) is 5.69 Å². The van der Waals surface area contributed by atoms with Crippen LogP contribution < -0.4 is 5.32 Å². The highest BCUT2D eigenvalue weighted by Crippen LogP contribution is 2.10. The Morgan fingerprint density at radius 1 is 1.35 bits per heavy atom. The fourth-order valence-corrected chi connectivity index (χ4v) is 1.63. The van der Waals surface area contributed by atoms with Gasteiger partial charge < -0.3 is 10.1 Å². The summed E-state index contributed by atoms with van der Waals surface area (Å²) >= 11 is 0. The number of carbonyl (C=O) groups excluding carboxylic acids is 1. The second-order valence-corrected chi connectivity index (χ2v) is 4.70. The summed E-state index contributed by atoms with van der Waals surface area (Å²) in [4.78, 5) is 15.5. The maximum absolute atomic E-state index is 11.6. The van der Waals surface area contributed by atoms with Gasteiger partial charge in [0.15, 0.2) is 0 Å². The fraction of sp³-hybridized carbons (Fsp3) is 0.357. The summed E-state index contributed by atoms with van der Waals surface area (Å²) in [5, 5.41) is 6.83. The molecule has 0 radical (unpaired) electrons. The van der Waals surface area contributed by atoms with E-state index in [9.17, 15) is 4.79 Å². The van der Waals surface area contributed by atoms with Crippen molar-refractivity contribution in [3.05, 3.63) is 42.5 Å². The minimum Gasteiger partial charge on any atom is -0.369 e. The zero-order valence-electron chi connectivity index (χ0n) is 11.6. The van der Waals surface area contributed by atoms with Gasteiger partial charge in [-0.1, -0.05) is 12.1 Å². The van der Waals surface area contributed by atoms with Crippen LogP contribution in [0.3, 0.4) is 0 Å². The van der Waals surface area contributed by atoms with Crippen molar-refractivity contribution in [2.45, 2.75) is 26.5 Å². The smallest absolute Gasteiger partial charge is 0.250 e. The zero-order valence-corrected chi connectivity index (χ0v) is 11.6. The molecule has 0 saturated carbocycles. The van der Waals surface area contributed by atoms with Crippen molar-refractivity contribution in [2.75, 3.05) is 11.9 Å². The summed E-state index contributed by atoms with van der Waals surface area (Å²) in [6.07, 6.45) is 3.22. The molecule has 1 heterocycles. The normalized spacial score (nSPS) is 10.8. The van der Waals surface area contributed by atoms with Gasteiger partial charge in [0.1, 0.15) is 19.3 Å². The largest absolute Gasteiger partial charge is 0.369 e. The minimum atomic E-state index is -0.150. The molecule has 2 rings (SSSR count). The van der Waals surface area contributed by atoms with E-state index in [-0.39, 0.29) is 18.6 Å². The number of benzene rings is 1. The van der Waals surface area contributed by atoms with Crippen LogP contribution in [-0.2, 0) is 16.1 Å². The molecule has 20 heavy (non-hydrogen) atoms. The lowest BCUT2D eigenvalue weighted by Crippen LogP contribution is -2.20. The number of nitrogens with zero attached hydrogens (tertiary/aromatic N) is 3. The molecule has 0 atom stereocenters. The third kappa shape index (κ3) is 4.47. The first-order chi connectivity index (χ1) is 9.63. The topological polar surface area (TPSA) is 69.0 Å². The molecular formula is C14H18N4O2. The van der Waals surface area contributed by atoms with E-state index in [2.05, 4.69) is 15.4 Å². The molecule has 0 aliphatic rings. The average Bonchev–Trinajstić information content (AvgIpc) is 2.92.